The predicted octanol–water partition coefficient (Wildman–Crippen LogP) is 5.22. The highest BCUT2D eigenvalue weighted by molar-refractivity contribution is 5.81. The average Bonchev–Trinajstić information content (AvgIpc) is 3.24. The SMILES string of the molecule is Cc1cc(-c2nc3cc(CN[C@@H](CC(C)C)C(=O)OCC(C)(C)C)ccc3n2CC2CCOCC2)c[nH]c1=O. The molecule has 0 saturated carbocycles. The minimum absolute atomic E-state index is 0.0748. The molecular formula is C31H44N4O4. The van der Waals surface area contributed by atoms with Crippen molar-refractivity contribution in [2.45, 2.75) is 79.9 Å². The maximum absolute atomic E-state index is 12.9. The van der Waals surface area contributed by atoms with E-state index in [1.807, 2.05) is 13.0 Å². The Kier molecular flexibility index (Phi) is 9.28. The zero-order valence-electron chi connectivity index (χ0n) is 24.3. The van der Waals surface area contributed by atoms with E-state index in [9.17, 15) is 9.59 Å². The predicted molar refractivity (Wildman–Crippen MR) is 155 cm³/mol. The van der Waals surface area contributed by atoms with Crippen molar-refractivity contribution in [2.24, 2.45) is 17.3 Å². The molecule has 0 amide bonds. The fourth-order valence-electron chi connectivity index (χ4n) is 4.97. The topological polar surface area (TPSA) is 98.2 Å². The summed E-state index contributed by atoms with van der Waals surface area (Å²) < 4.78 is 13.5. The van der Waals surface area contributed by atoms with Gasteiger partial charge in [0.25, 0.3) is 5.56 Å². The van der Waals surface area contributed by atoms with Crippen LogP contribution in [0.15, 0.2) is 35.3 Å². The van der Waals surface area contributed by atoms with Crippen molar-refractivity contribution in [3.63, 3.8) is 0 Å². The van der Waals surface area contributed by atoms with Crippen LogP contribution in [0.3, 0.4) is 0 Å². The molecule has 0 bridgehead atoms. The largest absolute Gasteiger partial charge is 0.464 e. The molecule has 3 heterocycles. The summed E-state index contributed by atoms with van der Waals surface area (Å²) in [4.78, 5) is 32.8. The van der Waals surface area contributed by atoms with E-state index in [-0.39, 0.29) is 23.0 Å². The van der Waals surface area contributed by atoms with Crippen LogP contribution in [0.2, 0.25) is 0 Å². The van der Waals surface area contributed by atoms with Crippen molar-refractivity contribution in [1.82, 2.24) is 19.9 Å². The zero-order valence-corrected chi connectivity index (χ0v) is 24.3. The number of pyridine rings is 1. The normalized spacial score (nSPS) is 15.7. The smallest absolute Gasteiger partial charge is 0.323 e. The molecule has 0 spiro atoms. The van der Waals surface area contributed by atoms with E-state index >= 15 is 0 Å². The second-order valence-corrected chi connectivity index (χ2v) is 12.6. The first-order valence-corrected chi connectivity index (χ1v) is 14.2. The summed E-state index contributed by atoms with van der Waals surface area (Å²) in [6.45, 7) is 15.6. The van der Waals surface area contributed by atoms with Crippen LogP contribution < -0.4 is 10.9 Å². The summed E-state index contributed by atoms with van der Waals surface area (Å²) in [6, 6.07) is 7.86. The van der Waals surface area contributed by atoms with Gasteiger partial charge in [0.1, 0.15) is 11.9 Å². The Bertz CT molecular complexity index is 1330. The van der Waals surface area contributed by atoms with Crippen LogP contribution in [-0.4, -0.2) is 46.4 Å². The number of rotatable bonds is 10. The van der Waals surface area contributed by atoms with Gasteiger partial charge in [-0.3, -0.25) is 9.59 Å². The second kappa shape index (κ2) is 12.5. The van der Waals surface area contributed by atoms with E-state index in [1.165, 1.54) is 0 Å². The summed E-state index contributed by atoms with van der Waals surface area (Å²) in [5.41, 5.74) is 4.42. The van der Waals surface area contributed by atoms with Gasteiger partial charge in [-0.2, -0.15) is 0 Å². The molecule has 0 unspecified atom stereocenters. The fraction of sp³-hybridized carbons (Fsp3) is 0.581. The third-order valence-corrected chi connectivity index (χ3v) is 7.13. The molecule has 1 aromatic carbocycles. The number of esters is 1. The Morgan fingerprint density at radius 2 is 1.97 bits per heavy atom. The maximum Gasteiger partial charge on any atom is 0.323 e. The third-order valence-electron chi connectivity index (χ3n) is 7.13. The average molecular weight is 537 g/mol. The molecule has 4 rings (SSSR count). The van der Waals surface area contributed by atoms with Crippen LogP contribution >= 0.6 is 0 Å². The van der Waals surface area contributed by atoms with E-state index in [2.05, 4.69) is 67.7 Å². The molecule has 8 nitrogen and oxygen atoms in total. The van der Waals surface area contributed by atoms with Crippen molar-refractivity contribution < 1.29 is 14.3 Å². The van der Waals surface area contributed by atoms with Gasteiger partial charge in [0.2, 0.25) is 0 Å². The molecule has 8 heteroatoms. The van der Waals surface area contributed by atoms with E-state index in [4.69, 9.17) is 14.5 Å². The molecule has 1 atom stereocenters. The lowest BCUT2D eigenvalue weighted by molar-refractivity contribution is -0.149. The lowest BCUT2D eigenvalue weighted by Crippen LogP contribution is -2.39. The number of hydrogen-bond donors (Lipinski definition) is 2. The number of carbonyl (C=O) groups is 1. The van der Waals surface area contributed by atoms with E-state index in [0.717, 1.165) is 60.6 Å². The van der Waals surface area contributed by atoms with Gasteiger partial charge in [0.15, 0.2) is 0 Å². The van der Waals surface area contributed by atoms with E-state index in [1.54, 1.807) is 6.20 Å². The second-order valence-electron chi connectivity index (χ2n) is 12.6. The Balaban J connectivity index is 1.59. The maximum atomic E-state index is 12.9. The number of carbonyl (C=O) groups excluding carboxylic acids is 1. The van der Waals surface area contributed by atoms with Gasteiger partial charge < -0.3 is 24.3 Å². The number of benzene rings is 1. The van der Waals surface area contributed by atoms with Crippen LogP contribution in [0.4, 0.5) is 0 Å². The monoisotopic (exact) mass is 536 g/mol. The van der Waals surface area contributed by atoms with Crippen molar-refractivity contribution in [3.05, 3.63) is 51.9 Å². The molecule has 39 heavy (non-hydrogen) atoms. The summed E-state index contributed by atoms with van der Waals surface area (Å²) in [5.74, 6) is 1.52. The molecular weight excluding hydrogens is 492 g/mol. The fourth-order valence-corrected chi connectivity index (χ4v) is 4.97. The summed E-state index contributed by atoms with van der Waals surface area (Å²) in [5, 5.41) is 3.44. The van der Waals surface area contributed by atoms with Crippen LogP contribution in [0, 0.1) is 24.2 Å². The van der Waals surface area contributed by atoms with Crippen molar-refractivity contribution >= 4 is 17.0 Å². The first-order chi connectivity index (χ1) is 18.5. The quantitative estimate of drug-likeness (QED) is 0.345. The van der Waals surface area contributed by atoms with Gasteiger partial charge in [0, 0.05) is 43.6 Å². The molecule has 0 radical (unpaired) electrons. The molecule has 212 valence electrons. The highest BCUT2D eigenvalue weighted by Crippen LogP contribution is 2.29. The Hall–Kier alpha value is -2.97. The number of aromatic nitrogens is 3. The first-order valence-electron chi connectivity index (χ1n) is 14.2. The number of imidazole rings is 1. The third kappa shape index (κ3) is 7.79. The molecule has 3 aromatic rings. The summed E-state index contributed by atoms with van der Waals surface area (Å²) >= 11 is 0. The van der Waals surface area contributed by atoms with Gasteiger partial charge in [-0.15, -0.1) is 0 Å². The van der Waals surface area contributed by atoms with Crippen LogP contribution in [-0.2, 0) is 27.4 Å². The van der Waals surface area contributed by atoms with Crippen molar-refractivity contribution in [2.75, 3.05) is 19.8 Å². The van der Waals surface area contributed by atoms with E-state index < -0.39 is 0 Å². The first kappa shape index (κ1) is 29.0. The number of H-pyrrole nitrogens is 1. The Morgan fingerprint density at radius 3 is 2.64 bits per heavy atom. The Morgan fingerprint density at radius 1 is 1.23 bits per heavy atom. The minimum Gasteiger partial charge on any atom is -0.464 e. The van der Waals surface area contributed by atoms with E-state index in [0.29, 0.717) is 37.0 Å². The summed E-state index contributed by atoms with van der Waals surface area (Å²) in [6.07, 6.45) is 4.50. The lowest BCUT2D eigenvalue weighted by atomic mass is 9.98. The highest BCUT2D eigenvalue weighted by atomic mass is 16.5. The summed E-state index contributed by atoms with van der Waals surface area (Å²) in [7, 11) is 0. The zero-order chi connectivity index (χ0) is 28.2. The van der Waals surface area contributed by atoms with Crippen LogP contribution in [0.5, 0.6) is 0 Å². The van der Waals surface area contributed by atoms with Crippen molar-refractivity contribution in [3.8, 4) is 11.4 Å². The number of ether oxygens (including phenoxy) is 2. The number of nitrogens with zero attached hydrogens (tertiary/aromatic N) is 2. The van der Waals surface area contributed by atoms with Gasteiger partial charge >= 0.3 is 5.97 Å². The Labute approximate surface area is 231 Å². The van der Waals surface area contributed by atoms with Gasteiger partial charge in [-0.1, -0.05) is 40.7 Å². The highest BCUT2D eigenvalue weighted by Gasteiger charge is 2.24. The molecule has 2 N–H and O–H groups in total. The van der Waals surface area contributed by atoms with Crippen LogP contribution in [0.25, 0.3) is 22.4 Å². The molecule has 1 aliphatic rings. The number of aryl methyl sites for hydroxylation is 1. The molecule has 0 aliphatic carbocycles. The van der Waals surface area contributed by atoms with Gasteiger partial charge in [-0.05, 0) is 67.2 Å². The molecule has 2 aromatic heterocycles. The standard InChI is InChI=1S/C31H44N4O4/c1-20(2)13-26(30(37)39-19-31(4,5)6)32-16-23-7-8-27-25(15-23)34-28(24-14-21(3)29(36)33-17-24)35(27)18-22-9-11-38-12-10-22/h7-8,14-15,17,20,22,26,32H,9-13,16,18-19H2,1-6H3,(H,33,36)/t26-/m0/s1. The van der Waals surface area contributed by atoms with Gasteiger partial charge in [0.05, 0.1) is 17.6 Å². The number of aromatic amines is 1. The minimum atomic E-state index is -0.367. The molecule has 1 aliphatic heterocycles. The number of fused-ring (bicyclic) bond motifs is 1. The molecule has 1 saturated heterocycles. The number of hydrogen-bond acceptors (Lipinski definition) is 6. The molecule has 1 fully saturated rings. The van der Waals surface area contributed by atoms with Crippen LogP contribution in [0.1, 0.15) is 65.0 Å². The van der Waals surface area contributed by atoms with Crippen molar-refractivity contribution in [1.29, 1.82) is 0 Å². The lowest BCUT2D eigenvalue weighted by Gasteiger charge is -2.24. The number of nitrogens with one attached hydrogen (secondary N) is 2. The van der Waals surface area contributed by atoms with Gasteiger partial charge in [-0.25, -0.2) is 4.98 Å².